The first-order valence-corrected chi connectivity index (χ1v) is 8.99. The van der Waals surface area contributed by atoms with Gasteiger partial charge in [-0.3, -0.25) is 9.59 Å². The van der Waals surface area contributed by atoms with Crippen LogP contribution >= 0.6 is 0 Å². The van der Waals surface area contributed by atoms with Crippen molar-refractivity contribution in [2.75, 3.05) is 0 Å². The summed E-state index contributed by atoms with van der Waals surface area (Å²) in [7, 11) is 0. The molecule has 0 radical (unpaired) electrons. The molecule has 7 atom stereocenters. The molecule has 1 saturated heterocycles. The number of fused-ring (bicyclic) bond motifs is 1. The van der Waals surface area contributed by atoms with Crippen molar-refractivity contribution in [2.24, 2.45) is 34.5 Å². The van der Waals surface area contributed by atoms with Crippen LogP contribution < -0.4 is 0 Å². The van der Waals surface area contributed by atoms with Crippen LogP contribution in [0.4, 0.5) is 0 Å². The van der Waals surface area contributed by atoms with E-state index < -0.39 is 22.9 Å². The number of ether oxygens (including phenoxy) is 1. The molecule has 4 bridgehead atoms. The van der Waals surface area contributed by atoms with Gasteiger partial charge >= 0.3 is 11.9 Å². The third-order valence-electron chi connectivity index (χ3n) is 8.29. The van der Waals surface area contributed by atoms with Crippen LogP contribution in [0.2, 0.25) is 0 Å². The van der Waals surface area contributed by atoms with Crippen molar-refractivity contribution in [3.05, 3.63) is 12.2 Å². The second-order valence-electron chi connectivity index (χ2n) is 9.01. The zero-order valence-electron chi connectivity index (χ0n) is 13.6. The van der Waals surface area contributed by atoms with Crippen molar-refractivity contribution in [3.63, 3.8) is 0 Å². The lowest BCUT2D eigenvalue weighted by atomic mass is 9.60. The van der Waals surface area contributed by atoms with E-state index in [1.165, 1.54) is 5.57 Å². The largest absolute Gasteiger partial charge is 0.481 e. The topological polar surface area (TPSA) is 63.6 Å². The first-order valence-electron chi connectivity index (χ1n) is 8.99. The van der Waals surface area contributed by atoms with E-state index in [9.17, 15) is 14.7 Å². The second-order valence-corrected chi connectivity index (χ2v) is 9.01. The van der Waals surface area contributed by atoms with Gasteiger partial charge in [-0.1, -0.05) is 12.2 Å². The standard InChI is InChI=1S/C19H24O4/c1-10-8-18-9-11(10)4-5-12(18)19-7-3-6-17(2,16(22)23-19)14(19)13(18)15(20)21/h11-14H,1,3-9H2,2H3,(H,20,21)/t11?,12-,13-,14?,17+,18?,19-/m1/s1. The molecule has 4 heteroatoms. The SMILES string of the molecule is C=C1CC23CC1CC[C@H]2[C@@]12CCC[C@](C)(C(=O)O1)C2[C@@H]3C(=O)O. The molecule has 1 aliphatic heterocycles. The molecule has 4 aliphatic carbocycles. The van der Waals surface area contributed by atoms with E-state index in [2.05, 4.69) is 6.58 Å². The van der Waals surface area contributed by atoms with Crippen LogP contribution in [0.3, 0.4) is 0 Å². The highest BCUT2D eigenvalue weighted by atomic mass is 16.6. The van der Waals surface area contributed by atoms with Crippen LogP contribution in [0.5, 0.6) is 0 Å². The fourth-order valence-corrected chi connectivity index (χ4v) is 7.70. The Morgan fingerprint density at radius 1 is 1.35 bits per heavy atom. The number of carboxylic acids is 1. The van der Waals surface area contributed by atoms with Crippen LogP contribution in [0.1, 0.15) is 51.9 Å². The predicted molar refractivity (Wildman–Crippen MR) is 82.4 cm³/mol. The summed E-state index contributed by atoms with van der Waals surface area (Å²) in [5.74, 6) is -0.771. The van der Waals surface area contributed by atoms with Gasteiger partial charge in [0.15, 0.2) is 0 Å². The molecule has 1 N–H and O–H groups in total. The number of esters is 1. The summed E-state index contributed by atoms with van der Waals surface area (Å²) >= 11 is 0. The number of carbonyl (C=O) groups excluding carboxylic acids is 1. The smallest absolute Gasteiger partial charge is 0.312 e. The van der Waals surface area contributed by atoms with Crippen molar-refractivity contribution >= 4 is 11.9 Å². The zero-order valence-corrected chi connectivity index (χ0v) is 13.6. The third kappa shape index (κ3) is 1.29. The van der Waals surface area contributed by atoms with Crippen LogP contribution in [-0.4, -0.2) is 22.6 Å². The zero-order chi connectivity index (χ0) is 16.2. The average molecular weight is 316 g/mol. The number of allylic oxidation sites excluding steroid dienone is 1. The molecule has 0 aromatic heterocycles. The summed E-state index contributed by atoms with van der Waals surface area (Å²) < 4.78 is 6.10. The highest BCUT2D eigenvalue weighted by Gasteiger charge is 2.81. The van der Waals surface area contributed by atoms with E-state index >= 15 is 0 Å². The van der Waals surface area contributed by atoms with E-state index in [-0.39, 0.29) is 23.2 Å². The van der Waals surface area contributed by atoms with Gasteiger partial charge in [0.1, 0.15) is 5.60 Å². The molecule has 1 heterocycles. The average Bonchev–Trinajstić information content (AvgIpc) is 2.92. The quantitative estimate of drug-likeness (QED) is 0.596. The normalized spacial score (nSPS) is 56.2. The van der Waals surface area contributed by atoms with Crippen LogP contribution in [-0.2, 0) is 14.3 Å². The molecule has 5 fully saturated rings. The highest BCUT2D eigenvalue weighted by Crippen LogP contribution is 2.77. The Morgan fingerprint density at radius 2 is 2.13 bits per heavy atom. The summed E-state index contributed by atoms with van der Waals surface area (Å²) in [5, 5.41) is 10.2. The first-order chi connectivity index (χ1) is 10.9. The maximum Gasteiger partial charge on any atom is 0.312 e. The Labute approximate surface area is 136 Å². The minimum Gasteiger partial charge on any atom is -0.481 e. The lowest BCUT2D eigenvalue weighted by Crippen LogP contribution is -2.47. The van der Waals surface area contributed by atoms with E-state index in [1.807, 2.05) is 6.92 Å². The van der Waals surface area contributed by atoms with Crippen molar-refractivity contribution < 1.29 is 19.4 Å². The molecule has 3 unspecified atom stereocenters. The van der Waals surface area contributed by atoms with Gasteiger partial charge in [-0.05, 0) is 63.2 Å². The fourth-order valence-electron chi connectivity index (χ4n) is 7.70. The Balaban J connectivity index is 1.75. The maximum atomic E-state index is 12.7. The Bertz CT molecular complexity index is 654. The summed E-state index contributed by atoms with van der Waals surface area (Å²) in [5.41, 5.74) is -0.0978. The van der Waals surface area contributed by atoms with Crippen molar-refractivity contribution in [1.82, 2.24) is 0 Å². The van der Waals surface area contributed by atoms with E-state index in [1.54, 1.807) is 0 Å². The summed E-state index contributed by atoms with van der Waals surface area (Å²) in [6.07, 6.45) is 6.45. The lowest BCUT2D eigenvalue weighted by molar-refractivity contribution is -0.160. The molecule has 1 spiro atoms. The van der Waals surface area contributed by atoms with Crippen LogP contribution in [0.25, 0.3) is 0 Å². The molecule has 4 saturated carbocycles. The molecule has 124 valence electrons. The number of hydrogen-bond acceptors (Lipinski definition) is 3. The van der Waals surface area contributed by atoms with Gasteiger partial charge < -0.3 is 9.84 Å². The number of aliphatic carboxylic acids is 1. The number of carboxylic acid groups (broad SMARTS) is 1. The molecule has 0 amide bonds. The third-order valence-corrected chi connectivity index (χ3v) is 8.29. The van der Waals surface area contributed by atoms with Gasteiger partial charge in [-0.15, -0.1) is 0 Å². The predicted octanol–water partition coefficient (Wildman–Crippen LogP) is 3.17. The molecule has 0 aromatic rings. The first kappa shape index (κ1) is 14.1. The molecule has 5 aliphatic rings. The van der Waals surface area contributed by atoms with E-state index in [0.717, 1.165) is 44.9 Å². The van der Waals surface area contributed by atoms with Crippen molar-refractivity contribution in [1.29, 1.82) is 0 Å². The van der Waals surface area contributed by atoms with Crippen molar-refractivity contribution in [2.45, 2.75) is 57.5 Å². The number of carbonyl (C=O) groups is 2. The number of rotatable bonds is 1. The van der Waals surface area contributed by atoms with Gasteiger partial charge in [-0.25, -0.2) is 0 Å². The molecule has 5 rings (SSSR count). The molecule has 0 aromatic carbocycles. The Morgan fingerprint density at radius 3 is 2.87 bits per heavy atom. The second kappa shape index (κ2) is 3.84. The van der Waals surface area contributed by atoms with Crippen molar-refractivity contribution in [3.8, 4) is 0 Å². The Hall–Kier alpha value is -1.32. The van der Waals surface area contributed by atoms with Gasteiger partial charge in [0, 0.05) is 11.8 Å². The molecular weight excluding hydrogens is 292 g/mol. The van der Waals surface area contributed by atoms with Gasteiger partial charge in [0.2, 0.25) is 0 Å². The molecule has 23 heavy (non-hydrogen) atoms. The van der Waals surface area contributed by atoms with E-state index in [4.69, 9.17) is 4.74 Å². The monoisotopic (exact) mass is 316 g/mol. The summed E-state index contributed by atoms with van der Waals surface area (Å²) in [6.45, 7) is 6.22. The van der Waals surface area contributed by atoms with Crippen LogP contribution in [0, 0.1) is 34.5 Å². The summed E-state index contributed by atoms with van der Waals surface area (Å²) in [6, 6.07) is 0. The van der Waals surface area contributed by atoms with Gasteiger partial charge in [0.25, 0.3) is 0 Å². The lowest BCUT2D eigenvalue weighted by Gasteiger charge is -2.43. The van der Waals surface area contributed by atoms with E-state index in [0.29, 0.717) is 5.92 Å². The Kier molecular flexibility index (Phi) is 2.35. The summed E-state index contributed by atoms with van der Waals surface area (Å²) in [4.78, 5) is 25.0. The highest BCUT2D eigenvalue weighted by molar-refractivity contribution is 5.84. The van der Waals surface area contributed by atoms with Gasteiger partial charge in [-0.2, -0.15) is 0 Å². The maximum absolute atomic E-state index is 12.7. The van der Waals surface area contributed by atoms with Gasteiger partial charge in [0.05, 0.1) is 11.3 Å². The minimum absolute atomic E-state index is 0.139. The number of hydrogen-bond donors (Lipinski definition) is 1. The molecule has 4 nitrogen and oxygen atoms in total. The fraction of sp³-hybridized carbons (Fsp3) is 0.789. The molecular formula is C19H24O4. The van der Waals surface area contributed by atoms with Crippen LogP contribution in [0.15, 0.2) is 12.2 Å². The minimum atomic E-state index is -0.719.